The molecule has 1 rings (SSSR count). The van der Waals surface area contributed by atoms with Gasteiger partial charge in [-0.2, -0.15) is 0 Å². The Morgan fingerprint density at radius 2 is 2.22 bits per heavy atom. The molecular formula is C12H18ClN3OS. The molecule has 0 saturated carbocycles. The first-order valence-electron chi connectivity index (χ1n) is 5.97. The summed E-state index contributed by atoms with van der Waals surface area (Å²) in [5.74, 6) is 1.30. The molecule has 0 unspecified atom stereocenters. The molecule has 0 aliphatic rings. The first kappa shape index (κ1) is 15.2. The maximum atomic E-state index is 11.5. The quantitative estimate of drug-likeness (QED) is 0.646. The average Bonchev–Trinajstić information content (AvgIpc) is 2.33. The number of nitrogens with one attached hydrogen (secondary N) is 1. The zero-order valence-electron chi connectivity index (χ0n) is 10.9. The van der Waals surface area contributed by atoms with Crippen molar-refractivity contribution in [3.63, 3.8) is 0 Å². The lowest BCUT2D eigenvalue weighted by atomic mass is 10.2. The monoisotopic (exact) mass is 287 g/mol. The van der Waals surface area contributed by atoms with Crippen LogP contribution in [0.4, 0.5) is 0 Å². The molecule has 0 bridgehead atoms. The highest BCUT2D eigenvalue weighted by atomic mass is 35.5. The van der Waals surface area contributed by atoms with Crippen LogP contribution in [0.2, 0.25) is 5.15 Å². The first-order valence-corrected chi connectivity index (χ1v) is 7.33. The van der Waals surface area contributed by atoms with E-state index in [2.05, 4.69) is 15.3 Å². The summed E-state index contributed by atoms with van der Waals surface area (Å²) in [4.78, 5) is 20.0. The molecule has 0 radical (unpaired) electrons. The molecule has 0 aromatic carbocycles. The summed E-state index contributed by atoms with van der Waals surface area (Å²) >= 11 is 7.31. The molecule has 1 aromatic rings. The zero-order valence-corrected chi connectivity index (χ0v) is 12.4. The number of thioether (sulfide) groups is 1. The highest BCUT2D eigenvalue weighted by molar-refractivity contribution is 7.99. The molecule has 1 amide bonds. The van der Waals surface area contributed by atoms with Crippen LogP contribution in [0.25, 0.3) is 0 Å². The van der Waals surface area contributed by atoms with E-state index in [0.29, 0.717) is 23.3 Å². The summed E-state index contributed by atoms with van der Waals surface area (Å²) in [6, 6.07) is 1.69. The molecular weight excluding hydrogens is 270 g/mol. The number of amides is 1. The number of hydrogen-bond acceptors (Lipinski definition) is 4. The van der Waals surface area contributed by atoms with Crippen molar-refractivity contribution in [3.05, 3.63) is 17.0 Å². The third-order valence-corrected chi connectivity index (χ3v) is 3.23. The molecule has 18 heavy (non-hydrogen) atoms. The van der Waals surface area contributed by atoms with E-state index in [9.17, 15) is 4.79 Å². The lowest BCUT2D eigenvalue weighted by Crippen LogP contribution is -2.25. The zero-order chi connectivity index (χ0) is 13.5. The first-order chi connectivity index (χ1) is 8.52. The second-order valence-electron chi connectivity index (χ2n) is 4.18. The van der Waals surface area contributed by atoms with Gasteiger partial charge in [0.05, 0.1) is 5.75 Å². The van der Waals surface area contributed by atoms with Gasteiger partial charge in [-0.1, -0.05) is 44.1 Å². The Bertz CT molecular complexity index is 412. The lowest BCUT2D eigenvalue weighted by Gasteiger charge is -2.07. The van der Waals surface area contributed by atoms with E-state index < -0.39 is 0 Å². The van der Waals surface area contributed by atoms with Crippen molar-refractivity contribution in [2.24, 2.45) is 0 Å². The molecule has 0 fully saturated rings. The van der Waals surface area contributed by atoms with Gasteiger partial charge in [-0.05, 0) is 6.42 Å². The molecule has 0 aliphatic heterocycles. The number of carbonyl (C=O) groups excluding carboxylic acids is 1. The van der Waals surface area contributed by atoms with Crippen molar-refractivity contribution >= 4 is 29.3 Å². The predicted molar refractivity (Wildman–Crippen MR) is 75.2 cm³/mol. The Kier molecular flexibility index (Phi) is 6.43. The number of aromatic nitrogens is 2. The number of halogens is 1. The topological polar surface area (TPSA) is 54.9 Å². The summed E-state index contributed by atoms with van der Waals surface area (Å²) < 4.78 is 0. The minimum atomic E-state index is 0.0164. The van der Waals surface area contributed by atoms with Gasteiger partial charge in [0.25, 0.3) is 0 Å². The van der Waals surface area contributed by atoms with Crippen LogP contribution in [0, 0.1) is 0 Å². The number of nitrogens with zero attached hydrogens (tertiary/aromatic N) is 2. The van der Waals surface area contributed by atoms with Gasteiger partial charge >= 0.3 is 0 Å². The number of carbonyl (C=O) groups is 1. The maximum absolute atomic E-state index is 11.5. The normalized spacial score (nSPS) is 10.7. The molecule has 0 aliphatic carbocycles. The summed E-state index contributed by atoms with van der Waals surface area (Å²) in [6.45, 7) is 6.75. The Hall–Kier alpha value is -0.810. The van der Waals surface area contributed by atoms with Gasteiger partial charge in [-0.25, -0.2) is 9.97 Å². The summed E-state index contributed by atoms with van der Waals surface area (Å²) in [5, 5.41) is 3.98. The fourth-order valence-corrected chi connectivity index (χ4v) is 2.19. The minimum absolute atomic E-state index is 0.0164. The standard InChI is InChI=1S/C12H18ClN3OS/c1-4-5-14-10(17)7-18-11-6-9(13)15-12(16-11)8(2)3/h6,8H,4-5,7H2,1-3H3,(H,14,17). The Labute approximate surface area is 117 Å². The Morgan fingerprint density at radius 3 is 2.83 bits per heavy atom. The van der Waals surface area contributed by atoms with E-state index >= 15 is 0 Å². The van der Waals surface area contributed by atoms with Crippen LogP contribution in [-0.2, 0) is 4.79 Å². The second-order valence-corrected chi connectivity index (χ2v) is 5.56. The van der Waals surface area contributed by atoms with Crippen LogP contribution < -0.4 is 5.32 Å². The third-order valence-electron chi connectivity index (χ3n) is 2.13. The average molecular weight is 288 g/mol. The van der Waals surface area contributed by atoms with Gasteiger partial charge in [0.2, 0.25) is 5.91 Å². The molecule has 6 heteroatoms. The van der Waals surface area contributed by atoms with Crippen LogP contribution in [0.15, 0.2) is 11.1 Å². The van der Waals surface area contributed by atoms with Crippen LogP contribution >= 0.6 is 23.4 Å². The summed E-state index contributed by atoms with van der Waals surface area (Å²) in [6.07, 6.45) is 0.938. The van der Waals surface area contributed by atoms with Crippen LogP contribution in [0.3, 0.4) is 0 Å². The van der Waals surface area contributed by atoms with Gasteiger partial charge in [-0.3, -0.25) is 4.79 Å². The number of rotatable bonds is 6. The SMILES string of the molecule is CCCNC(=O)CSc1cc(Cl)nc(C(C)C)n1. The van der Waals surface area contributed by atoms with E-state index in [-0.39, 0.29) is 11.8 Å². The van der Waals surface area contributed by atoms with E-state index in [1.807, 2.05) is 20.8 Å². The number of hydrogen-bond donors (Lipinski definition) is 1. The van der Waals surface area contributed by atoms with Crippen LogP contribution in [0.1, 0.15) is 38.9 Å². The molecule has 1 aromatic heterocycles. The van der Waals surface area contributed by atoms with Crippen molar-refractivity contribution in [2.75, 3.05) is 12.3 Å². The highest BCUT2D eigenvalue weighted by Crippen LogP contribution is 2.21. The van der Waals surface area contributed by atoms with Crippen molar-refractivity contribution in [2.45, 2.75) is 38.1 Å². The van der Waals surface area contributed by atoms with E-state index in [1.165, 1.54) is 11.8 Å². The lowest BCUT2D eigenvalue weighted by molar-refractivity contribution is -0.118. The molecule has 0 atom stereocenters. The van der Waals surface area contributed by atoms with E-state index in [1.54, 1.807) is 6.07 Å². The van der Waals surface area contributed by atoms with Crippen molar-refractivity contribution < 1.29 is 4.79 Å². The highest BCUT2D eigenvalue weighted by Gasteiger charge is 2.09. The van der Waals surface area contributed by atoms with Crippen molar-refractivity contribution in [1.29, 1.82) is 0 Å². The fourth-order valence-electron chi connectivity index (χ4n) is 1.20. The molecule has 1 N–H and O–H groups in total. The molecule has 0 saturated heterocycles. The van der Waals surface area contributed by atoms with Gasteiger partial charge in [0, 0.05) is 18.5 Å². The van der Waals surface area contributed by atoms with E-state index in [0.717, 1.165) is 11.4 Å². The van der Waals surface area contributed by atoms with Crippen molar-refractivity contribution in [3.8, 4) is 0 Å². The fraction of sp³-hybridized carbons (Fsp3) is 0.583. The summed E-state index contributed by atoms with van der Waals surface area (Å²) in [5.41, 5.74) is 0. The van der Waals surface area contributed by atoms with Crippen LogP contribution in [0.5, 0.6) is 0 Å². The summed E-state index contributed by atoms with van der Waals surface area (Å²) in [7, 11) is 0. The maximum Gasteiger partial charge on any atom is 0.230 e. The largest absolute Gasteiger partial charge is 0.355 e. The van der Waals surface area contributed by atoms with Gasteiger partial charge < -0.3 is 5.32 Å². The third kappa shape index (κ3) is 5.23. The molecule has 0 spiro atoms. The smallest absolute Gasteiger partial charge is 0.230 e. The molecule has 100 valence electrons. The Balaban J connectivity index is 2.59. The van der Waals surface area contributed by atoms with Crippen LogP contribution in [-0.4, -0.2) is 28.2 Å². The second kappa shape index (κ2) is 7.59. The minimum Gasteiger partial charge on any atom is -0.355 e. The Morgan fingerprint density at radius 1 is 1.50 bits per heavy atom. The van der Waals surface area contributed by atoms with Gasteiger partial charge in [0.15, 0.2) is 0 Å². The van der Waals surface area contributed by atoms with Gasteiger partial charge in [0.1, 0.15) is 16.0 Å². The molecule has 1 heterocycles. The predicted octanol–water partition coefficient (Wildman–Crippen LogP) is 2.87. The van der Waals surface area contributed by atoms with E-state index in [4.69, 9.17) is 11.6 Å². The van der Waals surface area contributed by atoms with Gasteiger partial charge in [-0.15, -0.1) is 0 Å². The van der Waals surface area contributed by atoms with Crippen molar-refractivity contribution in [1.82, 2.24) is 15.3 Å². The molecule has 4 nitrogen and oxygen atoms in total.